The Kier molecular flexibility index (Phi) is 6.68. The van der Waals surface area contributed by atoms with Crippen LogP contribution in [-0.2, 0) is 14.8 Å². The highest BCUT2D eigenvalue weighted by Gasteiger charge is 2.08. The second-order valence-electron chi connectivity index (χ2n) is 6.06. The van der Waals surface area contributed by atoms with Crippen molar-refractivity contribution in [2.24, 2.45) is 5.14 Å². The molecule has 3 rings (SSSR count). The van der Waals surface area contributed by atoms with Gasteiger partial charge in [-0.1, -0.05) is 11.6 Å². The monoisotopic (exact) mass is 461 g/mol. The van der Waals surface area contributed by atoms with E-state index in [9.17, 15) is 13.2 Å². The summed E-state index contributed by atoms with van der Waals surface area (Å²) in [4.78, 5) is 12.0. The number of hydrogen-bond donors (Lipinski definition) is 3. The molecule has 1 heterocycles. The van der Waals surface area contributed by atoms with Gasteiger partial charge in [-0.3, -0.25) is 10.1 Å². The molecule has 154 valence electrons. The van der Waals surface area contributed by atoms with E-state index < -0.39 is 15.9 Å². The maximum absolute atomic E-state index is 12.0. The van der Waals surface area contributed by atoms with Crippen molar-refractivity contribution < 1.29 is 17.6 Å². The standard InChI is InChI=1S/C20H16ClN3O4S2/c21-14-3-1-13(2-4-14)18-11-7-16(28-18)8-12-19(25)24-20(29)23-15-5-9-17(10-6-15)30(22,26)27/h1-12H,(H2,22,26,27)(H2,23,24,25,29). The van der Waals surface area contributed by atoms with Crippen LogP contribution in [0.25, 0.3) is 17.4 Å². The third-order valence-corrected chi connectivity index (χ3v) is 5.22. The van der Waals surface area contributed by atoms with Gasteiger partial charge >= 0.3 is 0 Å². The van der Waals surface area contributed by atoms with Gasteiger partial charge in [-0.25, -0.2) is 13.6 Å². The zero-order valence-electron chi connectivity index (χ0n) is 15.3. The highest BCUT2D eigenvalue weighted by molar-refractivity contribution is 7.89. The van der Waals surface area contributed by atoms with Crippen LogP contribution in [0.3, 0.4) is 0 Å². The first-order valence-corrected chi connectivity index (χ1v) is 10.8. The van der Waals surface area contributed by atoms with E-state index in [2.05, 4.69) is 10.6 Å². The summed E-state index contributed by atoms with van der Waals surface area (Å²) in [5, 5.41) is 11.0. The topological polar surface area (TPSA) is 114 Å². The lowest BCUT2D eigenvalue weighted by Crippen LogP contribution is -2.32. The van der Waals surface area contributed by atoms with Crippen molar-refractivity contribution in [3.8, 4) is 11.3 Å². The van der Waals surface area contributed by atoms with Gasteiger partial charge in [0, 0.05) is 22.3 Å². The highest BCUT2D eigenvalue weighted by Crippen LogP contribution is 2.24. The highest BCUT2D eigenvalue weighted by atomic mass is 35.5. The van der Waals surface area contributed by atoms with Gasteiger partial charge in [-0.05, 0) is 79.0 Å². The van der Waals surface area contributed by atoms with Crippen LogP contribution in [0, 0.1) is 0 Å². The van der Waals surface area contributed by atoms with E-state index >= 15 is 0 Å². The van der Waals surface area contributed by atoms with E-state index in [1.807, 2.05) is 12.1 Å². The smallest absolute Gasteiger partial charge is 0.250 e. The Morgan fingerprint density at radius 3 is 2.33 bits per heavy atom. The molecule has 0 atom stereocenters. The Balaban J connectivity index is 1.55. The summed E-state index contributed by atoms with van der Waals surface area (Å²) in [6.07, 6.45) is 2.79. The van der Waals surface area contributed by atoms with E-state index in [-0.39, 0.29) is 10.0 Å². The number of benzene rings is 2. The number of thiocarbonyl (C=S) groups is 1. The van der Waals surface area contributed by atoms with E-state index in [4.69, 9.17) is 33.4 Å². The van der Waals surface area contributed by atoms with Crippen LogP contribution in [0.1, 0.15) is 5.76 Å². The molecule has 0 saturated carbocycles. The molecular weight excluding hydrogens is 446 g/mol. The number of sulfonamides is 1. The average Bonchev–Trinajstić information content (AvgIpc) is 3.15. The van der Waals surface area contributed by atoms with Gasteiger partial charge in [0.2, 0.25) is 15.9 Å². The number of hydrogen-bond acceptors (Lipinski definition) is 5. The molecule has 0 spiro atoms. The van der Waals surface area contributed by atoms with Crippen molar-refractivity contribution in [3.63, 3.8) is 0 Å². The molecule has 1 aromatic heterocycles. The van der Waals surface area contributed by atoms with Crippen molar-refractivity contribution in [2.75, 3.05) is 5.32 Å². The lowest BCUT2D eigenvalue weighted by atomic mass is 10.2. The molecule has 0 fully saturated rings. The molecule has 2 aromatic carbocycles. The van der Waals surface area contributed by atoms with Crippen LogP contribution >= 0.6 is 23.8 Å². The van der Waals surface area contributed by atoms with Crippen molar-refractivity contribution in [1.29, 1.82) is 0 Å². The van der Waals surface area contributed by atoms with Crippen molar-refractivity contribution in [3.05, 3.63) is 77.5 Å². The lowest BCUT2D eigenvalue weighted by Gasteiger charge is -2.08. The van der Waals surface area contributed by atoms with Crippen LogP contribution in [0.2, 0.25) is 5.02 Å². The number of primary sulfonamides is 1. The minimum Gasteiger partial charge on any atom is -0.457 e. The van der Waals surface area contributed by atoms with Crippen LogP contribution in [0.5, 0.6) is 0 Å². The predicted octanol–water partition coefficient (Wildman–Crippen LogP) is 3.77. The SMILES string of the molecule is NS(=O)(=O)c1ccc(NC(=S)NC(=O)C=Cc2ccc(-c3ccc(Cl)cc3)o2)cc1. The molecule has 0 aliphatic rings. The fraction of sp³-hybridized carbons (Fsp3) is 0. The van der Waals surface area contributed by atoms with Gasteiger partial charge < -0.3 is 9.73 Å². The first-order valence-electron chi connectivity index (χ1n) is 8.49. The number of carbonyl (C=O) groups excluding carboxylic acids is 1. The second-order valence-corrected chi connectivity index (χ2v) is 8.46. The van der Waals surface area contributed by atoms with E-state index in [1.165, 1.54) is 36.4 Å². The molecule has 0 saturated heterocycles. The molecule has 7 nitrogen and oxygen atoms in total. The van der Waals surface area contributed by atoms with Crippen molar-refractivity contribution >= 4 is 56.6 Å². The maximum Gasteiger partial charge on any atom is 0.250 e. The Morgan fingerprint density at radius 1 is 1.03 bits per heavy atom. The molecule has 0 radical (unpaired) electrons. The van der Waals surface area contributed by atoms with Crippen LogP contribution < -0.4 is 15.8 Å². The van der Waals surface area contributed by atoms with Crippen LogP contribution in [0.15, 0.2) is 76.1 Å². The first kappa shape index (κ1) is 21.7. The second kappa shape index (κ2) is 9.23. The Bertz CT molecular complexity index is 1200. The Labute approximate surface area is 183 Å². The molecule has 0 aliphatic carbocycles. The van der Waals surface area contributed by atoms with Crippen molar-refractivity contribution in [1.82, 2.24) is 5.32 Å². The van der Waals surface area contributed by atoms with Gasteiger partial charge in [0.05, 0.1) is 4.90 Å². The van der Waals surface area contributed by atoms with Gasteiger partial charge in [-0.15, -0.1) is 0 Å². The fourth-order valence-electron chi connectivity index (χ4n) is 2.41. The summed E-state index contributed by atoms with van der Waals surface area (Å²) in [6.45, 7) is 0. The van der Waals surface area contributed by atoms with Crippen LogP contribution in [0.4, 0.5) is 5.69 Å². The number of anilines is 1. The molecule has 3 aromatic rings. The molecule has 1 amide bonds. The lowest BCUT2D eigenvalue weighted by molar-refractivity contribution is -0.115. The number of amides is 1. The molecule has 4 N–H and O–H groups in total. The molecule has 0 bridgehead atoms. The van der Waals surface area contributed by atoms with E-state index in [1.54, 1.807) is 24.3 Å². The summed E-state index contributed by atoms with van der Waals surface area (Å²) < 4.78 is 28.2. The zero-order chi connectivity index (χ0) is 21.7. The molecule has 0 aliphatic heterocycles. The third kappa shape index (κ3) is 6.01. The maximum atomic E-state index is 12.0. The number of halogens is 1. The normalized spacial score (nSPS) is 11.4. The number of rotatable bonds is 5. The number of nitrogens with one attached hydrogen (secondary N) is 2. The third-order valence-electron chi connectivity index (χ3n) is 3.83. The van der Waals surface area contributed by atoms with Crippen molar-refractivity contribution in [2.45, 2.75) is 4.90 Å². The zero-order valence-corrected chi connectivity index (χ0v) is 17.7. The summed E-state index contributed by atoms with van der Waals surface area (Å²) in [7, 11) is -3.77. The van der Waals surface area contributed by atoms with E-state index in [0.29, 0.717) is 22.2 Å². The Morgan fingerprint density at radius 2 is 1.70 bits per heavy atom. The molecule has 0 unspecified atom stereocenters. The number of furan rings is 1. The summed E-state index contributed by atoms with van der Waals surface area (Å²) in [5.41, 5.74) is 1.36. The van der Waals surface area contributed by atoms with Gasteiger partial charge in [0.15, 0.2) is 5.11 Å². The minimum absolute atomic E-state index is 0.0256. The van der Waals surface area contributed by atoms with Gasteiger partial charge in [0.1, 0.15) is 11.5 Å². The number of nitrogens with two attached hydrogens (primary N) is 1. The largest absolute Gasteiger partial charge is 0.457 e. The predicted molar refractivity (Wildman–Crippen MR) is 120 cm³/mol. The molecular formula is C20H16ClN3O4S2. The fourth-order valence-corrected chi connectivity index (χ4v) is 3.27. The average molecular weight is 462 g/mol. The Hall–Kier alpha value is -2.98. The van der Waals surface area contributed by atoms with Gasteiger partial charge in [-0.2, -0.15) is 0 Å². The first-order chi connectivity index (χ1) is 14.2. The summed E-state index contributed by atoms with van der Waals surface area (Å²) >= 11 is 10.9. The molecule has 30 heavy (non-hydrogen) atoms. The van der Waals surface area contributed by atoms with E-state index in [0.717, 1.165) is 5.56 Å². The summed E-state index contributed by atoms with van der Waals surface area (Å²) in [5.74, 6) is 0.678. The van der Waals surface area contributed by atoms with Gasteiger partial charge in [0.25, 0.3) is 0 Å². The summed E-state index contributed by atoms with van der Waals surface area (Å²) in [6, 6.07) is 16.3. The quantitative estimate of drug-likeness (QED) is 0.393. The minimum atomic E-state index is -3.77. The molecule has 10 heteroatoms. The van der Waals surface area contributed by atoms with Crippen LogP contribution in [-0.4, -0.2) is 19.4 Å². The number of carbonyl (C=O) groups is 1.